The van der Waals surface area contributed by atoms with Crippen LogP contribution in [-0.2, 0) is 9.84 Å². The molecule has 0 aliphatic carbocycles. The molecule has 0 bridgehead atoms. The molecule has 1 aromatic rings. The van der Waals surface area contributed by atoms with Crippen molar-refractivity contribution in [3.05, 3.63) is 29.3 Å². The Kier molecular flexibility index (Phi) is 2.98. The van der Waals surface area contributed by atoms with E-state index >= 15 is 0 Å². The highest BCUT2D eigenvalue weighted by Gasteiger charge is 2.18. The Labute approximate surface area is 83.5 Å². The maximum Gasteiger partial charge on any atom is 0.180 e. The summed E-state index contributed by atoms with van der Waals surface area (Å²) in [5.74, 6) is 0. The molecule has 0 unspecified atom stereocenters. The summed E-state index contributed by atoms with van der Waals surface area (Å²) < 4.78 is 23.3. The molecule has 0 saturated heterocycles. The van der Waals surface area contributed by atoms with Gasteiger partial charge in [0.2, 0.25) is 0 Å². The quantitative estimate of drug-likeness (QED) is 0.765. The first kappa shape index (κ1) is 10.5. The third kappa shape index (κ3) is 2.23. The lowest BCUT2D eigenvalue weighted by molar-refractivity contribution is 0.587. The van der Waals surface area contributed by atoms with Crippen LogP contribution in [0.3, 0.4) is 0 Å². The average Bonchev–Trinajstić information content (AvgIpc) is 2.04. The molecule has 0 aliphatic heterocycles. The van der Waals surface area contributed by atoms with E-state index in [1.807, 2.05) is 0 Å². The van der Waals surface area contributed by atoms with Crippen LogP contribution in [0.2, 0.25) is 5.02 Å². The second-order valence-corrected chi connectivity index (χ2v) is 5.99. The smallest absolute Gasteiger partial charge is 0.180 e. The Bertz CT molecular complexity index is 396. The van der Waals surface area contributed by atoms with Crippen molar-refractivity contribution in [1.82, 2.24) is 0 Å². The van der Waals surface area contributed by atoms with Gasteiger partial charge in [0.05, 0.1) is 10.1 Å². The van der Waals surface area contributed by atoms with Gasteiger partial charge >= 0.3 is 0 Å². The van der Waals surface area contributed by atoms with E-state index in [4.69, 9.17) is 11.6 Å². The van der Waals surface area contributed by atoms with E-state index in [1.54, 1.807) is 32.0 Å². The van der Waals surface area contributed by atoms with Crippen LogP contribution in [0, 0.1) is 0 Å². The average molecular weight is 219 g/mol. The molecule has 0 heterocycles. The highest BCUT2D eigenvalue weighted by molar-refractivity contribution is 7.92. The Morgan fingerprint density at radius 2 is 1.92 bits per heavy atom. The van der Waals surface area contributed by atoms with Crippen molar-refractivity contribution >= 4 is 21.4 Å². The van der Waals surface area contributed by atoms with Gasteiger partial charge < -0.3 is 0 Å². The lowest BCUT2D eigenvalue weighted by Gasteiger charge is -2.07. The number of hydrogen-bond acceptors (Lipinski definition) is 2. The minimum absolute atomic E-state index is 0.287. The standard InChI is InChI=1S/C9H11ClO2S/c1-7(2)13(11,12)9-5-3-4-8(10)6-9/h3-7H,1-2H3. The summed E-state index contributed by atoms with van der Waals surface area (Å²) in [6, 6.07) is 6.32. The number of halogens is 1. The summed E-state index contributed by atoms with van der Waals surface area (Å²) >= 11 is 5.69. The molecule has 13 heavy (non-hydrogen) atoms. The van der Waals surface area contributed by atoms with Crippen LogP contribution >= 0.6 is 11.6 Å². The predicted molar refractivity (Wildman–Crippen MR) is 53.8 cm³/mol. The van der Waals surface area contributed by atoms with Gasteiger partial charge in [-0.3, -0.25) is 0 Å². The summed E-state index contributed by atoms with van der Waals surface area (Å²) in [5.41, 5.74) is 0. The Balaban J connectivity index is 3.24. The molecule has 0 fully saturated rings. The molecule has 0 saturated carbocycles. The van der Waals surface area contributed by atoms with Crippen LogP contribution in [-0.4, -0.2) is 13.7 Å². The van der Waals surface area contributed by atoms with Crippen LogP contribution in [0.15, 0.2) is 29.2 Å². The summed E-state index contributed by atoms with van der Waals surface area (Å²) in [7, 11) is -3.18. The van der Waals surface area contributed by atoms with Crippen molar-refractivity contribution in [2.75, 3.05) is 0 Å². The normalized spacial score (nSPS) is 12.0. The monoisotopic (exact) mass is 218 g/mol. The number of rotatable bonds is 2. The van der Waals surface area contributed by atoms with Gasteiger partial charge in [0.1, 0.15) is 0 Å². The Hall–Kier alpha value is -0.540. The zero-order valence-electron chi connectivity index (χ0n) is 7.49. The molecule has 1 aromatic carbocycles. The van der Waals surface area contributed by atoms with Gasteiger partial charge in [-0.05, 0) is 32.0 Å². The summed E-state index contributed by atoms with van der Waals surface area (Å²) in [5, 5.41) is 0.0349. The number of sulfone groups is 1. The topological polar surface area (TPSA) is 34.1 Å². The van der Waals surface area contributed by atoms with Crippen LogP contribution < -0.4 is 0 Å². The fraction of sp³-hybridized carbons (Fsp3) is 0.333. The van der Waals surface area contributed by atoms with Crippen molar-refractivity contribution < 1.29 is 8.42 Å². The first-order valence-electron chi connectivity index (χ1n) is 3.94. The van der Waals surface area contributed by atoms with Crippen LogP contribution in [0.5, 0.6) is 0 Å². The van der Waals surface area contributed by atoms with Gasteiger partial charge in [-0.25, -0.2) is 8.42 Å². The van der Waals surface area contributed by atoms with E-state index in [0.717, 1.165) is 0 Å². The first-order valence-corrected chi connectivity index (χ1v) is 5.86. The third-order valence-corrected chi connectivity index (χ3v) is 4.13. The van der Waals surface area contributed by atoms with Crippen LogP contribution in [0.25, 0.3) is 0 Å². The van der Waals surface area contributed by atoms with Gasteiger partial charge in [-0.15, -0.1) is 0 Å². The molecule has 2 nitrogen and oxygen atoms in total. The van der Waals surface area contributed by atoms with E-state index in [-0.39, 0.29) is 4.90 Å². The lowest BCUT2D eigenvalue weighted by atomic mass is 10.4. The van der Waals surface area contributed by atoms with Crippen LogP contribution in [0.1, 0.15) is 13.8 Å². The summed E-state index contributed by atoms with van der Waals surface area (Å²) in [6.45, 7) is 3.30. The second-order valence-electron chi connectivity index (χ2n) is 3.05. The zero-order chi connectivity index (χ0) is 10.1. The molecule has 1 rings (SSSR count). The molecule has 0 amide bonds. The fourth-order valence-corrected chi connectivity index (χ4v) is 2.27. The Morgan fingerprint density at radius 3 is 2.38 bits per heavy atom. The van der Waals surface area contributed by atoms with Crippen molar-refractivity contribution in [3.63, 3.8) is 0 Å². The van der Waals surface area contributed by atoms with Gasteiger partial charge in [0.15, 0.2) is 9.84 Å². The van der Waals surface area contributed by atoms with Crippen molar-refractivity contribution in [3.8, 4) is 0 Å². The molecule has 0 atom stereocenters. The minimum atomic E-state index is -3.18. The van der Waals surface area contributed by atoms with E-state index < -0.39 is 15.1 Å². The van der Waals surface area contributed by atoms with Crippen LogP contribution in [0.4, 0.5) is 0 Å². The summed E-state index contributed by atoms with van der Waals surface area (Å²) in [6.07, 6.45) is 0. The van der Waals surface area contributed by atoms with E-state index in [0.29, 0.717) is 5.02 Å². The maximum absolute atomic E-state index is 11.6. The first-order chi connectivity index (χ1) is 5.94. The zero-order valence-corrected chi connectivity index (χ0v) is 9.06. The fourth-order valence-electron chi connectivity index (χ4n) is 0.916. The van der Waals surface area contributed by atoms with Crippen molar-refractivity contribution in [2.45, 2.75) is 24.0 Å². The van der Waals surface area contributed by atoms with E-state index in [9.17, 15) is 8.42 Å². The van der Waals surface area contributed by atoms with E-state index in [1.165, 1.54) is 6.07 Å². The Morgan fingerprint density at radius 1 is 1.31 bits per heavy atom. The van der Waals surface area contributed by atoms with Crippen molar-refractivity contribution in [1.29, 1.82) is 0 Å². The molecular weight excluding hydrogens is 208 g/mol. The highest BCUT2D eigenvalue weighted by Crippen LogP contribution is 2.19. The third-order valence-electron chi connectivity index (χ3n) is 1.75. The van der Waals surface area contributed by atoms with Gasteiger partial charge in [0, 0.05) is 5.02 Å². The summed E-state index contributed by atoms with van der Waals surface area (Å²) in [4.78, 5) is 0.287. The molecule has 0 spiro atoms. The van der Waals surface area contributed by atoms with Gasteiger partial charge in [0.25, 0.3) is 0 Å². The number of hydrogen-bond donors (Lipinski definition) is 0. The predicted octanol–water partition coefficient (Wildman–Crippen LogP) is 2.52. The molecule has 0 aliphatic rings. The van der Waals surface area contributed by atoms with Gasteiger partial charge in [-0.1, -0.05) is 17.7 Å². The van der Waals surface area contributed by atoms with Crippen molar-refractivity contribution in [2.24, 2.45) is 0 Å². The molecule has 72 valence electrons. The SMILES string of the molecule is CC(C)S(=O)(=O)c1cccc(Cl)c1. The molecule has 4 heteroatoms. The molecular formula is C9H11ClO2S. The number of benzene rings is 1. The lowest BCUT2D eigenvalue weighted by Crippen LogP contribution is -2.13. The highest BCUT2D eigenvalue weighted by atomic mass is 35.5. The second kappa shape index (κ2) is 3.68. The van der Waals surface area contributed by atoms with E-state index in [2.05, 4.69) is 0 Å². The molecule has 0 N–H and O–H groups in total. The maximum atomic E-state index is 11.6. The molecule has 0 radical (unpaired) electrons. The minimum Gasteiger partial charge on any atom is -0.223 e. The van der Waals surface area contributed by atoms with Gasteiger partial charge in [-0.2, -0.15) is 0 Å². The largest absolute Gasteiger partial charge is 0.223 e. The molecule has 0 aromatic heterocycles.